The summed E-state index contributed by atoms with van der Waals surface area (Å²) in [6, 6.07) is 5.64. The number of ketones is 1. The van der Waals surface area contributed by atoms with Crippen LogP contribution in [0.25, 0.3) is 0 Å². The molecule has 3 nitrogen and oxygen atoms in total. The second-order valence-electron chi connectivity index (χ2n) is 5.54. The first kappa shape index (κ1) is 15.4. The fourth-order valence-electron chi connectivity index (χ4n) is 2.47. The molecule has 0 saturated carbocycles. The molecule has 0 radical (unpaired) electrons. The van der Waals surface area contributed by atoms with Crippen molar-refractivity contribution >= 4 is 11.5 Å². The maximum atomic E-state index is 11.8. The van der Waals surface area contributed by atoms with E-state index < -0.39 is 0 Å². The van der Waals surface area contributed by atoms with Gasteiger partial charge in [0.1, 0.15) is 5.75 Å². The van der Waals surface area contributed by atoms with E-state index >= 15 is 0 Å². The van der Waals surface area contributed by atoms with Gasteiger partial charge in [0.25, 0.3) is 0 Å². The standard InChI is InChI=1S/C18H23NO2/c1-6-17(20)15-7-8-16(18(9-15)21-5)19-10-12(2)14(4)13(3)11-19/h7-11,14H,6H2,1-5H3. The van der Waals surface area contributed by atoms with Gasteiger partial charge in [0, 0.05) is 30.3 Å². The highest BCUT2D eigenvalue weighted by Gasteiger charge is 2.18. The van der Waals surface area contributed by atoms with Gasteiger partial charge in [0.15, 0.2) is 5.78 Å². The summed E-state index contributed by atoms with van der Waals surface area (Å²) in [5.74, 6) is 1.32. The van der Waals surface area contributed by atoms with E-state index in [0.29, 0.717) is 17.9 Å². The number of Topliss-reactive ketones (excluding diaryl/α,β-unsaturated/α-hetero) is 1. The Morgan fingerprint density at radius 3 is 2.38 bits per heavy atom. The molecule has 1 heterocycles. The number of hydrogen-bond donors (Lipinski definition) is 0. The highest BCUT2D eigenvalue weighted by atomic mass is 16.5. The third kappa shape index (κ3) is 3.02. The monoisotopic (exact) mass is 285 g/mol. The van der Waals surface area contributed by atoms with Gasteiger partial charge in [0.05, 0.1) is 12.8 Å². The SMILES string of the molecule is CCC(=O)c1ccc(N2C=C(C)C(C)C(C)=C2)c(OC)c1. The maximum Gasteiger partial charge on any atom is 0.162 e. The van der Waals surface area contributed by atoms with E-state index in [0.717, 1.165) is 11.4 Å². The first-order valence-electron chi connectivity index (χ1n) is 7.34. The van der Waals surface area contributed by atoms with E-state index in [1.807, 2.05) is 25.1 Å². The second-order valence-corrected chi connectivity index (χ2v) is 5.54. The highest BCUT2D eigenvalue weighted by Crippen LogP contribution is 2.35. The minimum absolute atomic E-state index is 0.130. The zero-order valence-corrected chi connectivity index (χ0v) is 13.4. The van der Waals surface area contributed by atoms with E-state index in [9.17, 15) is 4.79 Å². The lowest BCUT2D eigenvalue weighted by Gasteiger charge is -2.28. The lowest BCUT2D eigenvalue weighted by Crippen LogP contribution is -2.18. The molecule has 0 saturated heterocycles. The van der Waals surface area contributed by atoms with Crippen LogP contribution in [0.1, 0.15) is 44.5 Å². The van der Waals surface area contributed by atoms with Crippen molar-refractivity contribution in [2.75, 3.05) is 12.0 Å². The van der Waals surface area contributed by atoms with Crippen LogP contribution in [0.3, 0.4) is 0 Å². The predicted molar refractivity (Wildman–Crippen MR) is 86.8 cm³/mol. The molecule has 3 heteroatoms. The number of hydrogen-bond acceptors (Lipinski definition) is 3. The number of carbonyl (C=O) groups excluding carboxylic acids is 1. The maximum absolute atomic E-state index is 11.8. The summed E-state index contributed by atoms with van der Waals surface area (Å²) in [5, 5.41) is 0. The van der Waals surface area contributed by atoms with Crippen molar-refractivity contribution in [3.05, 3.63) is 47.3 Å². The van der Waals surface area contributed by atoms with Crippen molar-refractivity contribution in [1.82, 2.24) is 0 Å². The van der Waals surface area contributed by atoms with Crippen LogP contribution in [0.4, 0.5) is 5.69 Å². The summed E-state index contributed by atoms with van der Waals surface area (Å²) >= 11 is 0. The van der Waals surface area contributed by atoms with Crippen LogP contribution in [-0.4, -0.2) is 12.9 Å². The van der Waals surface area contributed by atoms with Gasteiger partial charge >= 0.3 is 0 Å². The third-order valence-electron chi connectivity index (χ3n) is 4.15. The summed E-state index contributed by atoms with van der Waals surface area (Å²) in [7, 11) is 1.64. The molecule has 21 heavy (non-hydrogen) atoms. The molecule has 0 fully saturated rings. The van der Waals surface area contributed by atoms with Gasteiger partial charge in [-0.2, -0.15) is 0 Å². The molecule has 2 rings (SSSR count). The van der Waals surface area contributed by atoms with Gasteiger partial charge < -0.3 is 9.64 Å². The Morgan fingerprint density at radius 2 is 1.86 bits per heavy atom. The van der Waals surface area contributed by atoms with Crippen molar-refractivity contribution in [3.63, 3.8) is 0 Å². The molecule has 0 aliphatic carbocycles. The van der Waals surface area contributed by atoms with Crippen LogP contribution >= 0.6 is 0 Å². The van der Waals surface area contributed by atoms with Gasteiger partial charge in [0.2, 0.25) is 0 Å². The van der Waals surface area contributed by atoms with E-state index in [1.54, 1.807) is 7.11 Å². The average Bonchev–Trinajstić information content (AvgIpc) is 2.50. The minimum atomic E-state index is 0.130. The predicted octanol–water partition coefficient (Wildman–Crippen LogP) is 4.55. The number of carbonyl (C=O) groups is 1. The molecule has 0 spiro atoms. The smallest absolute Gasteiger partial charge is 0.162 e. The molecule has 1 aromatic carbocycles. The van der Waals surface area contributed by atoms with E-state index in [2.05, 4.69) is 38.1 Å². The molecule has 0 atom stereocenters. The molecule has 0 aromatic heterocycles. The van der Waals surface area contributed by atoms with E-state index in [4.69, 9.17) is 4.74 Å². The van der Waals surface area contributed by atoms with E-state index in [-0.39, 0.29) is 5.78 Å². The summed E-state index contributed by atoms with van der Waals surface area (Å²) < 4.78 is 5.48. The number of anilines is 1. The molecular formula is C18H23NO2. The fourth-order valence-corrected chi connectivity index (χ4v) is 2.47. The molecule has 1 aromatic rings. The van der Waals surface area contributed by atoms with Gasteiger partial charge in [-0.3, -0.25) is 4.79 Å². The summed E-state index contributed by atoms with van der Waals surface area (Å²) in [6.07, 6.45) is 4.75. The largest absolute Gasteiger partial charge is 0.495 e. The lowest BCUT2D eigenvalue weighted by atomic mass is 9.93. The Labute approximate surface area is 126 Å². The molecule has 112 valence electrons. The first-order chi connectivity index (χ1) is 9.97. The second kappa shape index (κ2) is 6.17. The van der Waals surface area contributed by atoms with Gasteiger partial charge in [-0.05, 0) is 43.2 Å². The Balaban J connectivity index is 2.43. The number of nitrogens with zero attached hydrogens (tertiary/aromatic N) is 1. The van der Waals surface area contributed by atoms with Crippen molar-refractivity contribution in [3.8, 4) is 5.75 Å². The number of benzene rings is 1. The fraction of sp³-hybridized carbons (Fsp3) is 0.389. The number of methoxy groups -OCH3 is 1. The average molecular weight is 285 g/mol. The topological polar surface area (TPSA) is 29.5 Å². The van der Waals surface area contributed by atoms with Crippen LogP contribution in [0.5, 0.6) is 5.75 Å². The van der Waals surface area contributed by atoms with Crippen LogP contribution in [0.2, 0.25) is 0 Å². The zero-order valence-electron chi connectivity index (χ0n) is 13.4. The molecule has 0 bridgehead atoms. The van der Waals surface area contributed by atoms with Crippen molar-refractivity contribution in [2.45, 2.75) is 34.1 Å². The van der Waals surface area contributed by atoms with Crippen molar-refractivity contribution < 1.29 is 9.53 Å². The Bertz CT molecular complexity index is 594. The summed E-state index contributed by atoms with van der Waals surface area (Å²) in [4.78, 5) is 13.9. The Hall–Kier alpha value is -2.03. The normalized spacial score (nSPS) is 15.6. The van der Waals surface area contributed by atoms with Crippen molar-refractivity contribution in [1.29, 1.82) is 0 Å². The van der Waals surface area contributed by atoms with Crippen LogP contribution in [0.15, 0.2) is 41.7 Å². The van der Waals surface area contributed by atoms with Gasteiger partial charge in [-0.25, -0.2) is 0 Å². The van der Waals surface area contributed by atoms with Gasteiger partial charge in [-0.1, -0.05) is 13.8 Å². The lowest BCUT2D eigenvalue weighted by molar-refractivity contribution is 0.0988. The van der Waals surface area contributed by atoms with E-state index in [1.165, 1.54) is 11.1 Å². The van der Waals surface area contributed by atoms with Crippen LogP contribution < -0.4 is 9.64 Å². The van der Waals surface area contributed by atoms with Crippen LogP contribution in [0, 0.1) is 5.92 Å². The number of ether oxygens (including phenoxy) is 1. The molecular weight excluding hydrogens is 262 g/mol. The third-order valence-corrected chi connectivity index (χ3v) is 4.15. The highest BCUT2D eigenvalue weighted by molar-refractivity contribution is 5.97. The molecule has 1 aliphatic heterocycles. The summed E-state index contributed by atoms with van der Waals surface area (Å²) in [6.45, 7) is 8.34. The quantitative estimate of drug-likeness (QED) is 0.760. The molecule has 0 unspecified atom stereocenters. The molecule has 0 amide bonds. The molecule has 0 N–H and O–H groups in total. The molecule has 1 aliphatic rings. The Morgan fingerprint density at radius 1 is 1.24 bits per heavy atom. The minimum Gasteiger partial charge on any atom is -0.495 e. The summed E-state index contributed by atoms with van der Waals surface area (Å²) in [5.41, 5.74) is 4.28. The first-order valence-corrected chi connectivity index (χ1v) is 7.34. The van der Waals surface area contributed by atoms with Crippen molar-refractivity contribution in [2.24, 2.45) is 5.92 Å². The van der Waals surface area contributed by atoms with Gasteiger partial charge in [-0.15, -0.1) is 0 Å². The Kier molecular flexibility index (Phi) is 4.51. The van der Waals surface area contributed by atoms with Crippen LogP contribution in [-0.2, 0) is 0 Å². The number of allylic oxidation sites excluding steroid dienone is 2. The number of rotatable bonds is 4. The zero-order chi connectivity index (χ0) is 15.6.